The standard InChI is InChI=1S/C26H25F2N3O3S/c27-22-10-8-21(9-11-22)26(32)29-25-13-12-23(19-24(25)28)35(33,34)31-17-15-30(16-18-31)14-4-7-20-5-2-1-3-6-20/h1-13,19H,14-18H2,(H,29,32)/b7-4+. The van der Waals surface area contributed by atoms with E-state index in [2.05, 4.69) is 10.2 Å². The molecule has 1 N–H and O–H groups in total. The third-order valence-corrected chi connectivity index (χ3v) is 7.63. The van der Waals surface area contributed by atoms with Crippen LogP contribution in [0, 0.1) is 11.6 Å². The van der Waals surface area contributed by atoms with Gasteiger partial charge in [-0.3, -0.25) is 9.69 Å². The minimum atomic E-state index is -3.88. The van der Waals surface area contributed by atoms with Gasteiger partial charge in [0.05, 0.1) is 10.6 Å². The Kier molecular flexibility index (Phi) is 7.70. The van der Waals surface area contributed by atoms with Gasteiger partial charge in [-0.15, -0.1) is 0 Å². The van der Waals surface area contributed by atoms with Crippen LogP contribution in [-0.2, 0) is 10.0 Å². The van der Waals surface area contributed by atoms with Crippen molar-refractivity contribution in [3.63, 3.8) is 0 Å². The molecular formula is C26H25F2N3O3S. The first-order valence-electron chi connectivity index (χ1n) is 11.1. The molecule has 0 saturated carbocycles. The first-order chi connectivity index (χ1) is 16.8. The van der Waals surface area contributed by atoms with Crippen molar-refractivity contribution in [2.75, 3.05) is 38.0 Å². The second kappa shape index (κ2) is 10.9. The van der Waals surface area contributed by atoms with E-state index in [1.807, 2.05) is 42.5 Å². The van der Waals surface area contributed by atoms with Crippen molar-refractivity contribution in [1.29, 1.82) is 0 Å². The fourth-order valence-corrected chi connectivity index (χ4v) is 5.19. The number of amides is 1. The summed E-state index contributed by atoms with van der Waals surface area (Å²) < 4.78 is 55.1. The van der Waals surface area contributed by atoms with Gasteiger partial charge >= 0.3 is 0 Å². The van der Waals surface area contributed by atoms with Crippen LogP contribution in [0.25, 0.3) is 6.08 Å². The van der Waals surface area contributed by atoms with Gasteiger partial charge in [0.15, 0.2) is 0 Å². The molecule has 0 aromatic heterocycles. The van der Waals surface area contributed by atoms with Crippen LogP contribution in [0.15, 0.2) is 83.8 Å². The summed E-state index contributed by atoms with van der Waals surface area (Å²) >= 11 is 0. The van der Waals surface area contributed by atoms with Gasteiger partial charge in [0, 0.05) is 38.3 Å². The highest BCUT2D eigenvalue weighted by molar-refractivity contribution is 7.89. The molecule has 1 fully saturated rings. The highest BCUT2D eigenvalue weighted by Crippen LogP contribution is 2.23. The molecule has 1 saturated heterocycles. The zero-order chi connectivity index (χ0) is 24.8. The number of benzene rings is 3. The lowest BCUT2D eigenvalue weighted by Crippen LogP contribution is -2.48. The number of carbonyl (C=O) groups excluding carboxylic acids is 1. The van der Waals surface area contributed by atoms with E-state index in [0.717, 1.165) is 23.8 Å². The second-order valence-corrected chi connectivity index (χ2v) is 10.1. The van der Waals surface area contributed by atoms with Crippen LogP contribution >= 0.6 is 0 Å². The molecule has 1 aliphatic rings. The van der Waals surface area contributed by atoms with Crippen molar-refractivity contribution >= 4 is 27.7 Å². The van der Waals surface area contributed by atoms with E-state index >= 15 is 0 Å². The number of halogens is 2. The fraction of sp³-hybridized carbons (Fsp3) is 0.192. The molecule has 0 radical (unpaired) electrons. The Labute approximate surface area is 203 Å². The normalized spacial score (nSPS) is 15.4. The summed E-state index contributed by atoms with van der Waals surface area (Å²) in [6, 6.07) is 18.1. The lowest BCUT2D eigenvalue weighted by atomic mass is 10.2. The van der Waals surface area contributed by atoms with E-state index in [1.54, 1.807) is 0 Å². The van der Waals surface area contributed by atoms with Crippen molar-refractivity contribution in [3.8, 4) is 0 Å². The van der Waals surface area contributed by atoms with Crippen molar-refractivity contribution < 1.29 is 22.0 Å². The summed E-state index contributed by atoms with van der Waals surface area (Å²) in [5, 5.41) is 2.38. The summed E-state index contributed by atoms with van der Waals surface area (Å²) in [6.45, 7) is 2.43. The maximum Gasteiger partial charge on any atom is 0.255 e. The van der Waals surface area contributed by atoms with Crippen LogP contribution < -0.4 is 5.32 Å². The van der Waals surface area contributed by atoms with Gasteiger partial charge in [-0.25, -0.2) is 17.2 Å². The Morgan fingerprint density at radius 1 is 0.914 bits per heavy atom. The van der Waals surface area contributed by atoms with Gasteiger partial charge in [0.1, 0.15) is 11.6 Å². The second-order valence-electron chi connectivity index (χ2n) is 8.12. The molecule has 3 aromatic carbocycles. The van der Waals surface area contributed by atoms with E-state index in [-0.39, 0.29) is 16.1 Å². The molecule has 1 amide bonds. The first-order valence-corrected chi connectivity index (χ1v) is 12.6. The molecule has 0 unspecified atom stereocenters. The number of carbonyl (C=O) groups is 1. The number of nitrogens with one attached hydrogen (secondary N) is 1. The Morgan fingerprint density at radius 2 is 1.60 bits per heavy atom. The average Bonchev–Trinajstić information content (AvgIpc) is 2.86. The molecule has 0 spiro atoms. The predicted molar refractivity (Wildman–Crippen MR) is 131 cm³/mol. The molecule has 0 bridgehead atoms. The molecule has 0 atom stereocenters. The van der Waals surface area contributed by atoms with E-state index in [4.69, 9.17) is 0 Å². The molecule has 35 heavy (non-hydrogen) atoms. The molecular weight excluding hydrogens is 472 g/mol. The van der Waals surface area contributed by atoms with Crippen LogP contribution in [0.3, 0.4) is 0 Å². The summed E-state index contributed by atoms with van der Waals surface area (Å²) in [6.07, 6.45) is 4.08. The SMILES string of the molecule is O=C(Nc1ccc(S(=O)(=O)N2CCN(C/C=C/c3ccccc3)CC2)cc1F)c1ccc(F)cc1. The van der Waals surface area contributed by atoms with Gasteiger partial charge in [0.2, 0.25) is 10.0 Å². The van der Waals surface area contributed by atoms with E-state index in [9.17, 15) is 22.0 Å². The first kappa shape index (κ1) is 24.7. The monoisotopic (exact) mass is 497 g/mol. The summed E-state index contributed by atoms with van der Waals surface area (Å²) in [5.74, 6) is -1.99. The number of nitrogens with zero attached hydrogens (tertiary/aromatic N) is 2. The van der Waals surface area contributed by atoms with Crippen LogP contribution in [0.5, 0.6) is 0 Å². The minimum Gasteiger partial charge on any atom is -0.319 e. The Morgan fingerprint density at radius 3 is 2.26 bits per heavy atom. The number of sulfonamides is 1. The van der Waals surface area contributed by atoms with E-state index in [1.165, 1.54) is 28.6 Å². The fourth-order valence-electron chi connectivity index (χ4n) is 3.76. The number of hydrogen-bond donors (Lipinski definition) is 1. The molecule has 1 aliphatic heterocycles. The van der Waals surface area contributed by atoms with Gasteiger partial charge in [-0.1, -0.05) is 42.5 Å². The van der Waals surface area contributed by atoms with Crippen LogP contribution in [0.1, 0.15) is 15.9 Å². The summed E-state index contributed by atoms with van der Waals surface area (Å²) in [7, 11) is -3.88. The predicted octanol–water partition coefficient (Wildman–Crippen LogP) is 4.24. The lowest BCUT2D eigenvalue weighted by Gasteiger charge is -2.33. The third-order valence-electron chi connectivity index (χ3n) is 5.74. The average molecular weight is 498 g/mol. The van der Waals surface area contributed by atoms with Gasteiger partial charge in [-0.05, 0) is 48.0 Å². The van der Waals surface area contributed by atoms with Crippen molar-refractivity contribution in [2.45, 2.75) is 4.90 Å². The number of hydrogen-bond acceptors (Lipinski definition) is 4. The van der Waals surface area contributed by atoms with E-state index in [0.29, 0.717) is 32.7 Å². The summed E-state index contributed by atoms with van der Waals surface area (Å²) in [5.41, 5.74) is 1.10. The Bertz CT molecular complexity index is 1310. The molecule has 9 heteroatoms. The van der Waals surface area contributed by atoms with Crippen molar-refractivity contribution in [2.24, 2.45) is 0 Å². The Hall–Kier alpha value is -3.40. The largest absolute Gasteiger partial charge is 0.319 e. The number of anilines is 1. The third kappa shape index (κ3) is 6.19. The molecule has 3 aromatic rings. The van der Waals surface area contributed by atoms with Gasteiger partial charge in [-0.2, -0.15) is 4.31 Å². The minimum absolute atomic E-state index is 0.152. The van der Waals surface area contributed by atoms with Gasteiger partial charge < -0.3 is 5.32 Å². The van der Waals surface area contributed by atoms with Gasteiger partial charge in [0.25, 0.3) is 5.91 Å². The topological polar surface area (TPSA) is 69.7 Å². The quantitative estimate of drug-likeness (QED) is 0.530. The smallest absolute Gasteiger partial charge is 0.255 e. The summed E-state index contributed by atoms with van der Waals surface area (Å²) in [4.78, 5) is 14.2. The van der Waals surface area contributed by atoms with Crippen LogP contribution in [0.2, 0.25) is 0 Å². The number of piperazine rings is 1. The molecule has 1 heterocycles. The Balaban J connectivity index is 1.35. The maximum absolute atomic E-state index is 14.7. The number of rotatable bonds is 7. The molecule has 6 nitrogen and oxygen atoms in total. The van der Waals surface area contributed by atoms with Crippen LogP contribution in [0.4, 0.5) is 14.5 Å². The van der Waals surface area contributed by atoms with E-state index < -0.39 is 27.6 Å². The lowest BCUT2D eigenvalue weighted by molar-refractivity contribution is 0.102. The van der Waals surface area contributed by atoms with Crippen molar-refractivity contribution in [3.05, 3.63) is 102 Å². The zero-order valence-electron chi connectivity index (χ0n) is 18.9. The maximum atomic E-state index is 14.7. The molecule has 182 valence electrons. The molecule has 4 rings (SSSR count). The zero-order valence-corrected chi connectivity index (χ0v) is 19.7. The highest BCUT2D eigenvalue weighted by atomic mass is 32.2. The van der Waals surface area contributed by atoms with Crippen LogP contribution in [-0.4, -0.2) is 56.3 Å². The highest BCUT2D eigenvalue weighted by Gasteiger charge is 2.29. The molecule has 0 aliphatic carbocycles. The van der Waals surface area contributed by atoms with Crippen molar-refractivity contribution in [1.82, 2.24) is 9.21 Å².